The number of fused-ring (bicyclic) bond motifs is 2. The lowest BCUT2D eigenvalue weighted by atomic mass is 10.1. The molecule has 0 atom stereocenters. The molecular formula is C36H45NS. The van der Waals surface area contributed by atoms with Crippen LogP contribution in [0.4, 0.5) is 0 Å². The van der Waals surface area contributed by atoms with Gasteiger partial charge in [-0.25, -0.2) is 0 Å². The molecule has 0 saturated carbocycles. The Hall–Kier alpha value is -3.75. The first-order chi connectivity index (χ1) is 18.0. The highest BCUT2D eigenvalue weighted by molar-refractivity contribution is 7.17. The normalized spacial score (nSPS) is 9.53. The summed E-state index contributed by atoms with van der Waals surface area (Å²) in [6.45, 7) is 15.6. The number of hydrogen-bond acceptors (Lipinski definition) is 2. The van der Waals surface area contributed by atoms with Crippen molar-refractivity contribution in [3.63, 3.8) is 0 Å². The standard InChI is InChI=1S/C10H8.C8H11N.C8H6S.C7H10.C2H6.CH4/c1-2-6-10-8-4-3-7-9(10)5-1;1-6-4-7(2)9-8(3)5-6;1-2-4-8-7(3-1)5-6-9-8;1-3-5-7-6-4-2;1-2;/h1-8H;4-5H,1-3H3;1-6H;3-7H,1H2,2H3;1-2H3;1H4/b;;;6-4-,7-5-;;. The molecule has 0 saturated heterocycles. The quantitative estimate of drug-likeness (QED) is 0.210. The summed E-state index contributed by atoms with van der Waals surface area (Å²) in [6.07, 6.45) is 9.51. The highest BCUT2D eigenvalue weighted by Crippen LogP contribution is 2.18. The molecule has 3 aromatic carbocycles. The number of allylic oxidation sites excluding steroid dienone is 5. The number of hydrogen-bond donors (Lipinski definition) is 0. The van der Waals surface area contributed by atoms with E-state index in [-0.39, 0.29) is 7.43 Å². The molecule has 0 amide bonds. The topological polar surface area (TPSA) is 12.9 Å². The average Bonchev–Trinajstić information content (AvgIpc) is 3.40. The predicted molar refractivity (Wildman–Crippen MR) is 176 cm³/mol. The number of thiophene rings is 1. The Morgan fingerprint density at radius 3 is 1.55 bits per heavy atom. The van der Waals surface area contributed by atoms with E-state index in [1.165, 1.54) is 26.4 Å². The van der Waals surface area contributed by atoms with Gasteiger partial charge in [-0.15, -0.1) is 11.3 Å². The molecule has 0 spiro atoms. The minimum atomic E-state index is 0. The Morgan fingerprint density at radius 1 is 0.658 bits per heavy atom. The highest BCUT2D eigenvalue weighted by Gasteiger charge is 1.89. The van der Waals surface area contributed by atoms with E-state index in [9.17, 15) is 0 Å². The maximum atomic E-state index is 4.23. The Bertz CT molecular complexity index is 1210. The summed E-state index contributed by atoms with van der Waals surface area (Å²) in [7, 11) is 0. The van der Waals surface area contributed by atoms with Gasteiger partial charge in [0.15, 0.2) is 0 Å². The third kappa shape index (κ3) is 14.1. The lowest BCUT2D eigenvalue weighted by Crippen LogP contribution is -1.85. The van der Waals surface area contributed by atoms with E-state index in [0.29, 0.717) is 0 Å². The lowest BCUT2D eigenvalue weighted by molar-refractivity contribution is 1.10. The number of rotatable bonds is 2. The first-order valence-electron chi connectivity index (χ1n) is 12.7. The zero-order valence-corrected chi connectivity index (χ0v) is 24.0. The monoisotopic (exact) mass is 523 g/mol. The second-order valence-electron chi connectivity index (χ2n) is 7.88. The fraction of sp³-hybridized carbons (Fsp3) is 0.194. The molecule has 0 N–H and O–H groups in total. The number of benzene rings is 3. The second kappa shape index (κ2) is 21.3. The first kappa shape index (κ1) is 34.2. The molecule has 0 unspecified atom stereocenters. The summed E-state index contributed by atoms with van der Waals surface area (Å²) >= 11 is 1.79. The molecule has 0 aliphatic heterocycles. The van der Waals surface area contributed by atoms with Crippen molar-refractivity contribution in [1.82, 2.24) is 4.98 Å². The van der Waals surface area contributed by atoms with Crippen molar-refractivity contribution in [3.05, 3.63) is 150 Å². The van der Waals surface area contributed by atoms with Gasteiger partial charge in [0, 0.05) is 16.1 Å². The van der Waals surface area contributed by atoms with Gasteiger partial charge in [-0.2, -0.15) is 0 Å². The maximum absolute atomic E-state index is 4.23. The summed E-state index contributed by atoms with van der Waals surface area (Å²) < 4.78 is 1.37. The molecule has 38 heavy (non-hydrogen) atoms. The minimum Gasteiger partial charge on any atom is -0.258 e. The molecule has 0 radical (unpaired) electrons. The predicted octanol–water partition coefficient (Wildman–Crippen LogP) is 11.7. The smallest absolute Gasteiger partial charge is 0.0378 e. The third-order valence-electron chi connectivity index (χ3n) is 4.80. The second-order valence-corrected chi connectivity index (χ2v) is 8.83. The maximum Gasteiger partial charge on any atom is 0.0378 e. The van der Waals surface area contributed by atoms with Crippen LogP contribution in [0.15, 0.2) is 133 Å². The Balaban J connectivity index is 0.000000470. The van der Waals surface area contributed by atoms with Crippen LogP contribution >= 0.6 is 11.3 Å². The van der Waals surface area contributed by atoms with Crippen LogP contribution in [0.2, 0.25) is 0 Å². The van der Waals surface area contributed by atoms with Crippen LogP contribution in [0.1, 0.15) is 45.1 Å². The van der Waals surface area contributed by atoms with Crippen molar-refractivity contribution in [1.29, 1.82) is 0 Å². The van der Waals surface area contributed by atoms with Gasteiger partial charge in [-0.1, -0.05) is 125 Å². The summed E-state index contributed by atoms with van der Waals surface area (Å²) in [4.78, 5) is 4.23. The summed E-state index contributed by atoms with van der Waals surface area (Å²) in [5.41, 5.74) is 3.50. The molecule has 0 bridgehead atoms. The third-order valence-corrected chi connectivity index (χ3v) is 5.69. The van der Waals surface area contributed by atoms with Crippen molar-refractivity contribution < 1.29 is 0 Å². The van der Waals surface area contributed by atoms with E-state index >= 15 is 0 Å². The van der Waals surface area contributed by atoms with E-state index in [4.69, 9.17) is 0 Å². The van der Waals surface area contributed by atoms with Gasteiger partial charge in [0.05, 0.1) is 0 Å². The Morgan fingerprint density at radius 2 is 1.13 bits per heavy atom. The first-order valence-corrected chi connectivity index (χ1v) is 13.6. The lowest BCUT2D eigenvalue weighted by Gasteiger charge is -1.96. The van der Waals surface area contributed by atoms with Crippen molar-refractivity contribution >= 4 is 32.2 Å². The van der Waals surface area contributed by atoms with Crippen LogP contribution in [-0.2, 0) is 0 Å². The van der Waals surface area contributed by atoms with Gasteiger partial charge in [0.1, 0.15) is 0 Å². The van der Waals surface area contributed by atoms with E-state index in [2.05, 4.69) is 115 Å². The number of pyridine rings is 1. The van der Waals surface area contributed by atoms with E-state index in [1.54, 1.807) is 17.4 Å². The molecule has 0 fully saturated rings. The summed E-state index contributed by atoms with van der Waals surface area (Å²) in [6, 6.07) is 31.4. The van der Waals surface area contributed by atoms with Gasteiger partial charge in [0.2, 0.25) is 0 Å². The van der Waals surface area contributed by atoms with Gasteiger partial charge >= 0.3 is 0 Å². The molecule has 2 heteroatoms. The minimum absolute atomic E-state index is 0. The number of aryl methyl sites for hydroxylation is 3. The highest BCUT2D eigenvalue weighted by atomic mass is 32.1. The summed E-state index contributed by atoms with van der Waals surface area (Å²) in [5.74, 6) is 0. The number of nitrogens with zero attached hydrogens (tertiary/aromatic N) is 1. The molecule has 1 nitrogen and oxygen atoms in total. The Labute approximate surface area is 235 Å². The van der Waals surface area contributed by atoms with E-state index in [1.807, 2.05) is 58.9 Å². The molecular weight excluding hydrogens is 478 g/mol. The molecule has 2 heterocycles. The zero-order chi connectivity index (χ0) is 27.3. The van der Waals surface area contributed by atoms with E-state index < -0.39 is 0 Å². The summed E-state index contributed by atoms with van der Waals surface area (Å²) in [5, 5.41) is 6.09. The Kier molecular flexibility index (Phi) is 19.2. The zero-order valence-electron chi connectivity index (χ0n) is 23.2. The molecule has 0 aliphatic carbocycles. The fourth-order valence-corrected chi connectivity index (χ4v) is 4.13. The largest absolute Gasteiger partial charge is 0.258 e. The SMILES string of the molecule is C.C=C/C=C\C=C/C.CC.Cc1cc(C)nc(C)c1.c1ccc2ccccc2c1.c1ccc2sccc2c1. The van der Waals surface area contributed by atoms with Crippen LogP contribution in [0.5, 0.6) is 0 Å². The van der Waals surface area contributed by atoms with Crippen LogP contribution in [0.3, 0.4) is 0 Å². The molecule has 5 aromatic rings. The number of aromatic nitrogens is 1. The van der Waals surface area contributed by atoms with Gasteiger partial charge < -0.3 is 0 Å². The van der Waals surface area contributed by atoms with Gasteiger partial charge in [-0.3, -0.25) is 4.98 Å². The van der Waals surface area contributed by atoms with Crippen molar-refractivity contribution in [2.75, 3.05) is 0 Å². The van der Waals surface area contributed by atoms with E-state index in [0.717, 1.165) is 11.4 Å². The van der Waals surface area contributed by atoms with Gasteiger partial charge in [0.25, 0.3) is 0 Å². The van der Waals surface area contributed by atoms with Crippen LogP contribution in [0, 0.1) is 20.8 Å². The van der Waals surface area contributed by atoms with Crippen LogP contribution < -0.4 is 0 Å². The average molecular weight is 524 g/mol. The van der Waals surface area contributed by atoms with Crippen LogP contribution in [0.25, 0.3) is 20.9 Å². The molecule has 2 aromatic heterocycles. The molecule has 5 rings (SSSR count). The van der Waals surface area contributed by atoms with Crippen LogP contribution in [-0.4, -0.2) is 4.98 Å². The van der Waals surface area contributed by atoms with Crippen molar-refractivity contribution in [2.24, 2.45) is 0 Å². The van der Waals surface area contributed by atoms with Crippen molar-refractivity contribution in [3.8, 4) is 0 Å². The molecule has 0 aliphatic rings. The molecule has 200 valence electrons. The van der Waals surface area contributed by atoms with Crippen molar-refractivity contribution in [2.45, 2.75) is 49.0 Å². The van der Waals surface area contributed by atoms with Gasteiger partial charge in [-0.05, 0) is 79.1 Å². The fourth-order valence-electron chi connectivity index (χ4n) is 3.34.